The maximum atomic E-state index is 12.1. The lowest BCUT2D eigenvalue weighted by Gasteiger charge is -2.28. The molecular formula is C25H50NO8P. The van der Waals surface area contributed by atoms with Crippen molar-refractivity contribution >= 4 is 19.8 Å². The fourth-order valence-electron chi connectivity index (χ4n) is 3.22. The van der Waals surface area contributed by atoms with Crippen LogP contribution in [0.1, 0.15) is 97.3 Å². The van der Waals surface area contributed by atoms with E-state index in [1.54, 1.807) is 0 Å². The van der Waals surface area contributed by atoms with E-state index < -0.39 is 32.5 Å². The van der Waals surface area contributed by atoms with Crippen molar-refractivity contribution in [1.29, 1.82) is 0 Å². The molecule has 35 heavy (non-hydrogen) atoms. The molecule has 0 aromatic carbocycles. The van der Waals surface area contributed by atoms with E-state index in [2.05, 4.69) is 6.92 Å². The largest absolute Gasteiger partial charge is 0.756 e. The van der Waals surface area contributed by atoms with Gasteiger partial charge < -0.3 is 27.9 Å². The zero-order valence-electron chi connectivity index (χ0n) is 22.8. The summed E-state index contributed by atoms with van der Waals surface area (Å²) < 4.78 is 32.8. The average Bonchev–Trinajstić information content (AvgIpc) is 2.76. The normalized spacial score (nSPS) is 14.3. The van der Waals surface area contributed by atoms with Gasteiger partial charge in [0.1, 0.15) is 19.8 Å². The monoisotopic (exact) mass is 523 g/mol. The molecule has 0 fully saturated rings. The molecule has 1 unspecified atom stereocenters. The Bertz CT molecular complexity index is 609. The van der Waals surface area contributed by atoms with Gasteiger partial charge in [0, 0.05) is 12.8 Å². The maximum absolute atomic E-state index is 12.1. The highest BCUT2D eigenvalue weighted by molar-refractivity contribution is 7.45. The Labute approximate surface area is 213 Å². The molecule has 2 atom stereocenters. The number of nitrogens with zero attached hydrogens (tertiary/aromatic N) is 1. The standard InChI is InChI=1S/C25H50NO8P/c1-6-8-9-10-11-12-13-14-15-16-18-24(27)31-21-23(34-25(28)17-7-2)22-33-35(29,30)32-20-19-26(3,4)5/h23H,6-22H2,1-5H3/t23-/m1/s1. The molecule has 0 amide bonds. The first kappa shape index (κ1) is 34.0. The van der Waals surface area contributed by atoms with Crippen LogP contribution in [0, 0.1) is 0 Å². The minimum absolute atomic E-state index is 0.0294. The van der Waals surface area contributed by atoms with Gasteiger partial charge in [0.25, 0.3) is 7.82 Å². The number of rotatable bonds is 23. The summed E-state index contributed by atoms with van der Waals surface area (Å²) in [6.07, 6.45) is 11.7. The summed E-state index contributed by atoms with van der Waals surface area (Å²) in [4.78, 5) is 36.0. The summed E-state index contributed by atoms with van der Waals surface area (Å²) in [5.74, 6) is -0.899. The van der Waals surface area contributed by atoms with Crippen molar-refractivity contribution in [3.05, 3.63) is 0 Å². The van der Waals surface area contributed by atoms with E-state index in [0.717, 1.165) is 19.3 Å². The van der Waals surface area contributed by atoms with Crippen molar-refractivity contribution < 1.29 is 42.1 Å². The van der Waals surface area contributed by atoms with E-state index in [1.807, 2.05) is 28.1 Å². The van der Waals surface area contributed by atoms with Gasteiger partial charge in [-0.1, -0.05) is 71.6 Å². The fraction of sp³-hybridized carbons (Fsp3) is 0.920. The van der Waals surface area contributed by atoms with Crippen LogP contribution in [-0.2, 0) is 32.7 Å². The molecule has 0 bridgehead atoms. The SMILES string of the molecule is CCCCCCCCCCCCC(=O)OC[C@H](COP(=O)([O-])OCC[N+](C)(C)C)OC(=O)CCC. The number of hydrogen-bond acceptors (Lipinski definition) is 8. The van der Waals surface area contributed by atoms with Crippen LogP contribution in [0.2, 0.25) is 0 Å². The zero-order chi connectivity index (χ0) is 26.6. The van der Waals surface area contributed by atoms with Crippen molar-refractivity contribution in [3.8, 4) is 0 Å². The van der Waals surface area contributed by atoms with Crippen LogP contribution in [0.4, 0.5) is 0 Å². The minimum Gasteiger partial charge on any atom is -0.756 e. The first-order valence-corrected chi connectivity index (χ1v) is 14.7. The maximum Gasteiger partial charge on any atom is 0.306 e. The molecule has 0 N–H and O–H groups in total. The number of quaternary nitrogens is 1. The second-order valence-electron chi connectivity index (χ2n) is 10.1. The van der Waals surface area contributed by atoms with Gasteiger partial charge in [0.2, 0.25) is 0 Å². The van der Waals surface area contributed by atoms with Crippen LogP contribution in [-0.4, -0.2) is 70.0 Å². The predicted octanol–water partition coefficient (Wildman–Crippen LogP) is 4.76. The highest BCUT2D eigenvalue weighted by atomic mass is 31.2. The van der Waals surface area contributed by atoms with Gasteiger partial charge in [-0.3, -0.25) is 14.2 Å². The molecule has 0 aliphatic carbocycles. The molecule has 9 nitrogen and oxygen atoms in total. The van der Waals surface area contributed by atoms with Crippen molar-refractivity contribution in [2.45, 2.75) is 103 Å². The van der Waals surface area contributed by atoms with Crippen LogP contribution < -0.4 is 4.89 Å². The Morgan fingerprint density at radius 1 is 0.771 bits per heavy atom. The molecule has 0 aliphatic rings. The van der Waals surface area contributed by atoms with Crippen LogP contribution in [0.3, 0.4) is 0 Å². The molecule has 0 spiro atoms. The molecule has 0 aliphatic heterocycles. The molecule has 0 heterocycles. The lowest BCUT2D eigenvalue weighted by Crippen LogP contribution is -2.37. The third kappa shape index (κ3) is 23.2. The van der Waals surface area contributed by atoms with Crippen molar-refractivity contribution in [2.75, 3.05) is 47.5 Å². The minimum atomic E-state index is -4.57. The Kier molecular flexibility index (Phi) is 19.5. The number of esters is 2. The Hall–Kier alpha value is -0.990. The lowest BCUT2D eigenvalue weighted by atomic mass is 10.1. The molecule has 0 radical (unpaired) electrons. The predicted molar refractivity (Wildman–Crippen MR) is 135 cm³/mol. The number of likely N-dealkylation sites (N-methyl/N-ethyl adjacent to an activating group) is 1. The Morgan fingerprint density at radius 3 is 1.89 bits per heavy atom. The lowest BCUT2D eigenvalue weighted by molar-refractivity contribution is -0.870. The Balaban J connectivity index is 4.28. The highest BCUT2D eigenvalue weighted by Gasteiger charge is 2.21. The van der Waals surface area contributed by atoms with Gasteiger partial charge in [0.15, 0.2) is 6.10 Å². The number of hydrogen-bond donors (Lipinski definition) is 0. The summed E-state index contributed by atoms with van der Waals surface area (Å²) in [7, 11) is 1.16. The van der Waals surface area contributed by atoms with Crippen molar-refractivity contribution in [1.82, 2.24) is 0 Å². The second-order valence-corrected chi connectivity index (χ2v) is 11.5. The summed E-state index contributed by atoms with van der Waals surface area (Å²) in [6, 6.07) is 0. The summed E-state index contributed by atoms with van der Waals surface area (Å²) in [5.41, 5.74) is 0. The fourth-order valence-corrected chi connectivity index (χ4v) is 3.95. The van der Waals surface area contributed by atoms with Crippen LogP contribution >= 0.6 is 7.82 Å². The summed E-state index contributed by atoms with van der Waals surface area (Å²) in [5, 5.41) is 0. The zero-order valence-corrected chi connectivity index (χ0v) is 23.7. The average molecular weight is 524 g/mol. The van der Waals surface area contributed by atoms with Gasteiger partial charge in [-0.15, -0.1) is 0 Å². The van der Waals surface area contributed by atoms with E-state index in [9.17, 15) is 19.0 Å². The van der Waals surface area contributed by atoms with E-state index >= 15 is 0 Å². The Morgan fingerprint density at radius 2 is 1.34 bits per heavy atom. The van der Waals surface area contributed by atoms with Gasteiger partial charge in [-0.2, -0.15) is 0 Å². The van der Waals surface area contributed by atoms with Gasteiger partial charge in [-0.05, 0) is 12.8 Å². The highest BCUT2D eigenvalue weighted by Crippen LogP contribution is 2.38. The third-order valence-corrected chi connectivity index (χ3v) is 6.31. The van der Waals surface area contributed by atoms with E-state index in [4.69, 9.17) is 18.5 Å². The number of phosphoric acid groups is 1. The van der Waals surface area contributed by atoms with Gasteiger partial charge in [-0.25, -0.2) is 0 Å². The number of ether oxygens (including phenoxy) is 2. The van der Waals surface area contributed by atoms with Gasteiger partial charge in [0.05, 0.1) is 27.7 Å². The number of phosphoric ester groups is 1. The van der Waals surface area contributed by atoms with Crippen LogP contribution in [0.25, 0.3) is 0 Å². The summed E-state index contributed by atoms with van der Waals surface area (Å²) in [6.45, 7) is 3.76. The molecule has 10 heteroatoms. The second kappa shape index (κ2) is 20.1. The first-order valence-electron chi connectivity index (χ1n) is 13.2. The topological polar surface area (TPSA) is 111 Å². The first-order chi connectivity index (χ1) is 16.5. The van der Waals surface area contributed by atoms with E-state index in [-0.39, 0.29) is 26.1 Å². The van der Waals surface area contributed by atoms with Crippen molar-refractivity contribution in [3.63, 3.8) is 0 Å². The molecule has 0 saturated carbocycles. The molecule has 0 saturated heterocycles. The van der Waals surface area contributed by atoms with Crippen molar-refractivity contribution in [2.24, 2.45) is 0 Å². The summed E-state index contributed by atoms with van der Waals surface area (Å²) >= 11 is 0. The smallest absolute Gasteiger partial charge is 0.306 e. The van der Waals surface area contributed by atoms with E-state index in [1.165, 1.54) is 44.9 Å². The van der Waals surface area contributed by atoms with E-state index in [0.29, 0.717) is 17.4 Å². The molecule has 0 rings (SSSR count). The number of unbranched alkanes of at least 4 members (excludes halogenated alkanes) is 9. The van der Waals surface area contributed by atoms with Crippen LogP contribution in [0.15, 0.2) is 0 Å². The van der Waals surface area contributed by atoms with Crippen LogP contribution in [0.5, 0.6) is 0 Å². The molecule has 208 valence electrons. The molecular weight excluding hydrogens is 473 g/mol. The quantitative estimate of drug-likeness (QED) is 0.0816. The number of carbonyl (C=O) groups is 2. The third-order valence-electron chi connectivity index (χ3n) is 5.35. The molecule has 0 aromatic heterocycles. The van der Waals surface area contributed by atoms with Gasteiger partial charge >= 0.3 is 11.9 Å². The molecule has 0 aromatic rings. The number of carbonyl (C=O) groups excluding carboxylic acids is 2.